The number of amides is 1. The Morgan fingerprint density at radius 2 is 1.96 bits per heavy atom. The van der Waals surface area contributed by atoms with Gasteiger partial charge in [0.1, 0.15) is 5.78 Å². The number of Topliss-reactive ketones (excluding diaryl/α,β-unsaturated/α-hetero) is 1. The van der Waals surface area contributed by atoms with Crippen molar-refractivity contribution >= 4 is 39.2 Å². The first-order chi connectivity index (χ1) is 11.0. The molecule has 1 atom stereocenters. The molecular formula is C16H25NO4S2. The number of carbonyl (C=O) groups is 3. The molecule has 23 heavy (non-hydrogen) atoms. The molecule has 1 amide bonds. The summed E-state index contributed by atoms with van der Waals surface area (Å²) in [6, 6.07) is 0. The highest BCUT2D eigenvalue weighted by Crippen LogP contribution is 2.39. The fraction of sp³-hybridized carbons (Fsp3) is 0.688. The molecule has 1 unspecified atom stereocenters. The molecule has 0 saturated carbocycles. The quantitative estimate of drug-likeness (QED) is 0.335. The normalized spacial score (nSPS) is 18.0. The molecule has 1 heterocycles. The van der Waals surface area contributed by atoms with Crippen molar-refractivity contribution in [2.45, 2.75) is 57.1 Å². The molecule has 0 radical (unpaired) electrons. The van der Waals surface area contributed by atoms with Crippen molar-refractivity contribution in [3.05, 3.63) is 11.6 Å². The van der Waals surface area contributed by atoms with E-state index in [0.29, 0.717) is 25.8 Å². The van der Waals surface area contributed by atoms with Crippen LogP contribution >= 0.6 is 21.6 Å². The molecule has 130 valence electrons. The van der Waals surface area contributed by atoms with Crippen LogP contribution in [0.2, 0.25) is 0 Å². The summed E-state index contributed by atoms with van der Waals surface area (Å²) in [4.78, 5) is 33.7. The van der Waals surface area contributed by atoms with Gasteiger partial charge in [0.2, 0.25) is 5.91 Å². The van der Waals surface area contributed by atoms with Crippen LogP contribution in [-0.2, 0) is 14.4 Å². The summed E-state index contributed by atoms with van der Waals surface area (Å²) in [5, 5.41) is 12.0. The number of carboxylic acid groups (broad SMARTS) is 1. The molecule has 0 aromatic rings. The Hall–Kier alpha value is -0.950. The average Bonchev–Trinajstić information content (AvgIpc) is 3.01. The van der Waals surface area contributed by atoms with Gasteiger partial charge in [0.25, 0.3) is 0 Å². The molecule has 0 aromatic carbocycles. The predicted molar refractivity (Wildman–Crippen MR) is 95.6 cm³/mol. The maximum Gasteiger partial charge on any atom is 0.331 e. The van der Waals surface area contributed by atoms with Gasteiger partial charge in [0.15, 0.2) is 0 Å². The molecule has 1 aliphatic heterocycles. The molecule has 1 rings (SSSR count). The van der Waals surface area contributed by atoms with Crippen molar-refractivity contribution in [2.75, 3.05) is 12.3 Å². The molecule has 0 bridgehead atoms. The molecule has 1 fully saturated rings. The lowest BCUT2D eigenvalue weighted by molar-refractivity contribution is -0.133. The number of aliphatic carboxylic acids is 1. The molecular weight excluding hydrogens is 334 g/mol. The fourth-order valence-corrected chi connectivity index (χ4v) is 5.22. The van der Waals surface area contributed by atoms with Gasteiger partial charge in [0, 0.05) is 42.0 Å². The number of unbranched alkanes of at least 4 members (excludes halogenated alkanes) is 1. The summed E-state index contributed by atoms with van der Waals surface area (Å²) in [6.07, 6.45) is 7.30. The maximum absolute atomic E-state index is 11.7. The first-order valence-electron chi connectivity index (χ1n) is 7.98. The second-order valence-corrected chi connectivity index (χ2v) is 8.43. The van der Waals surface area contributed by atoms with Gasteiger partial charge >= 0.3 is 5.97 Å². The third-order valence-corrected chi connectivity index (χ3v) is 6.58. The Kier molecular flexibility index (Phi) is 10.1. The topological polar surface area (TPSA) is 83.5 Å². The average molecular weight is 360 g/mol. The first kappa shape index (κ1) is 20.1. The Morgan fingerprint density at radius 1 is 1.22 bits per heavy atom. The van der Waals surface area contributed by atoms with Crippen LogP contribution in [0, 0.1) is 0 Å². The lowest BCUT2D eigenvalue weighted by atomic mass is 10.1. The van der Waals surface area contributed by atoms with Crippen LogP contribution in [0.5, 0.6) is 0 Å². The number of nitrogens with one attached hydrogen (secondary N) is 1. The second-order valence-electron chi connectivity index (χ2n) is 5.64. The molecule has 7 heteroatoms. The van der Waals surface area contributed by atoms with Gasteiger partial charge in [0.05, 0.1) is 0 Å². The van der Waals surface area contributed by atoms with E-state index in [0.717, 1.165) is 24.2 Å². The smallest absolute Gasteiger partial charge is 0.331 e. The third kappa shape index (κ3) is 9.71. The largest absolute Gasteiger partial charge is 0.478 e. The maximum atomic E-state index is 11.7. The van der Waals surface area contributed by atoms with E-state index in [1.165, 1.54) is 25.5 Å². The summed E-state index contributed by atoms with van der Waals surface area (Å²) in [5.41, 5.74) is -0.00241. The zero-order valence-corrected chi connectivity index (χ0v) is 15.1. The Balaban J connectivity index is 2.00. The summed E-state index contributed by atoms with van der Waals surface area (Å²) in [6.45, 7) is 1.76. The third-order valence-electron chi connectivity index (χ3n) is 3.58. The van der Waals surface area contributed by atoms with Gasteiger partial charge in [-0.05, 0) is 32.6 Å². The number of rotatable bonds is 11. The Labute approximate surface area is 145 Å². The molecule has 1 saturated heterocycles. The summed E-state index contributed by atoms with van der Waals surface area (Å²) in [5.74, 6) is -0.0413. The van der Waals surface area contributed by atoms with E-state index in [-0.39, 0.29) is 11.4 Å². The summed E-state index contributed by atoms with van der Waals surface area (Å²) >= 11 is 0. The number of hydrogen-bond donors (Lipinski definition) is 2. The molecule has 0 aromatic heterocycles. The van der Waals surface area contributed by atoms with Crippen LogP contribution in [0.3, 0.4) is 0 Å². The van der Waals surface area contributed by atoms with Crippen molar-refractivity contribution in [1.82, 2.24) is 5.32 Å². The van der Waals surface area contributed by atoms with Crippen molar-refractivity contribution in [3.63, 3.8) is 0 Å². The zero-order chi connectivity index (χ0) is 17.1. The standard InChI is InChI=1S/C16H25NO4S2/c1-12(16(20)21)11-15(19)17-9-4-6-13(18)5-2-3-7-14-8-10-22-23-14/h11,14H,2-10H2,1H3,(H,17,19)(H,20,21)/b12-11+. The predicted octanol–water partition coefficient (Wildman–Crippen LogP) is 3.20. The minimum Gasteiger partial charge on any atom is -0.478 e. The second kappa shape index (κ2) is 11.6. The van der Waals surface area contributed by atoms with Crippen molar-refractivity contribution < 1.29 is 19.5 Å². The minimum absolute atomic E-state index is 0.00241. The zero-order valence-electron chi connectivity index (χ0n) is 13.5. The van der Waals surface area contributed by atoms with Gasteiger partial charge in [-0.1, -0.05) is 28.0 Å². The van der Waals surface area contributed by atoms with Gasteiger partial charge in [-0.3, -0.25) is 9.59 Å². The monoisotopic (exact) mass is 359 g/mol. The van der Waals surface area contributed by atoms with Gasteiger partial charge in [-0.15, -0.1) is 0 Å². The van der Waals surface area contributed by atoms with Crippen molar-refractivity contribution in [1.29, 1.82) is 0 Å². The first-order valence-corrected chi connectivity index (χ1v) is 10.4. The molecule has 5 nitrogen and oxygen atoms in total. The van der Waals surface area contributed by atoms with Crippen LogP contribution in [0.25, 0.3) is 0 Å². The van der Waals surface area contributed by atoms with E-state index in [1.54, 1.807) is 0 Å². The van der Waals surface area contributed by atoms with Gasteiger partial charge < -0.3 is 10.4 Å². The number of hydrogen-bond acceptors (Lipinski definition) is 5. The highest BCUT2D eigenvalue weighted by molar-refractivity contribution is 8.77. The molecule has 0 aliphatic carbocycles. The molecule has 2 N–H and O–H groups in total. The summed E-state index contributed by atoms with van der Waals surface area (Å²) < 4.78 is 0. The van der Waals surface area contributed by atoms with Gasteiger partial charge in [-0.25, -0.2) is 4.79 Å². The Morgan fingerprint density at radius 3 is 2.61 bits per heavy atom. The molecule has 1 aliphatic rings. The SMILES string of the molecule is C/C(=C\C(=O)NCCCC(=O)CCCCC1CCSS1)C(=O)O. The van der Waals surface area contributed by atoms with Crippen LogP contribution < -0.4 is 5.32 Å². The summed E-state index contributed by atoms with van der Waals surface area (Å²) in [7, 11) is 3.92. The van der Waals surface area contributed by atoms with Crippen LogP contribution in [-0.4, -0.2) is 40.3 Å². The van der Waals surface area contributed by atoms with E-state index >= 15 is 0 Å². The van der Waals surface area contributed by atoms with E-state index in [2.05, 4.69) is 5.32 Å². The minimum atomic E-state index is -1.11. The number of carboxylic acids is 1. The molecule has 0 spiro atoms. The lowest BCUT2D eigenvalue weighted by Gasteiger charge is -2.06. The lowest BCUT2D eigenvalue weighted by Crippen LogP contribution is -2.23. The Bertz CT molecular complexity index is 445. The van der Waals surface area contributed by atoms with E-state index in [9.17, 15) is 14.4 Å². The highest BCUT2D eigenvalue weighted by atomic mass is 33.1. The van der Waals surface area contributed by atoms with Crippen LogP contribution in [0.4, 0.5) is 0 Å². The van der Waals surface area contributed by atoms with E-state index < -0.39 is 11.9 Å². The van der Waals surface area contributed by atoms with Crippen LogP contribution in [0.15, 0.2) is 11.6 Å². The van der Waals surface area contributed by atoms with Crippen molar-refractivity contribution in [2.24, 2.45) is 0 Å². The fourth-order valence-electron chi connectivity index (χ4n) is 2.19. The van der Waals surface area contributed by atoms with E-state index in [1.807, 2.05) is 21.6 Å². The van der Waals surface area contributed by atoms with Crippen LogP contribution in [0.1, 0.15) is 51.9 Å². The van der Waals surface area contributed by atoms with Gasteiger partial charge in [-0.2, -0.15) is 0 Å². The van der Waals surface area contributed by atoms with E-state index in [4.69, 9.17) is 5.11 Å². The highest BCUT2D eigenvalue weighted by Gasteiger charge is 2.15. The van der Waals surface area contributed by atoms with Crippen molar-refractivity contribution in [3.8, 4) is 0 Å². The number of carbonyl (C=O) groups excluding carboxylic acids is 2. The number of ketones is 1.